The van der Waals surface area contributed by atoms with Crippen molar-refractivity contribution >= 4 is 11.8 Å². The molecule has 2 aliphatic heterocycles. The number of nitrogens with one attached hydrogen (secondary N) is 3. The quantitative estimate of drug-likeness (QED) is 0.220. The van der Waals surface area contributed by atoms with Crippen LogP contribution in [0.5, 0.6) is 11.5 Å². The zero-order valence-corrected chi connectivity index (χ0v) is 28.3. The number of ether oxygens (including phenoxy) is 2. The van der Waals surface area contributed by atoms with Crippen LogP contribution in [-0.2, 0) is 27.2 Å². The molecule has 1 saturated carbocycles. The molecule has 0 radical (unpaired) electrons. The lowest BCUT2D eigenvalue weighted by atomic mass is 9.65. The van der Waals surface area contributed by atoms with Crippen LogP contribution in [0.4, 0.5) is 0 Å². The van der Waals surface area contributed by atoms with Crippen molar-refractivity contribution in [2.75, 3.05) is 20.2 Å². The highest BCUT2D eigenvalue weighted by atomic mass is 16.5. The first kappa shape index (κ1) is 34.2. The lowest BCUT2D eigenvalue weighted by molar-refractivity contribution is -0.148. The van der Waals surface area contributed by atoms with Crippen LogP contribution in [0.2, 0.25) is 0 Å². The number of aromatic nitrogens is 1. The van der Waals surface area contributed by atoms with Gasteiger partial charge in [0, 0.05) is 38.7 Å². The van der Waals surface area contributed by atoms with Gasteiger partial charge in [-0.05, 0) is 90.3 Å². The van der Waals surface area contributed by atoms with Gasteiger partial charge in [0.15, 0.2) is 11.5 Å². The summed E-state index contributed by atoms with van der Waals surface area (Å²) in [7, 11) is 1.50. The minimum Gasteiger partial charge on any atom is -0.504 e. The minimum atomic E-state index is -0.482. The molecule has 252 valence electrons. The topological polar surface area (TPSA) is 113 Å². The van der Waals surface area contributed by atoms with Gasteiger partial charge in [-0.2, -0.15) is 0 Å². The average molecular weight is 642 g/mol. The monoisotopic (exact) mass is 641 g/mol. The van der Waals surface area contributed by atoms with E-state index in [4.69, 9.17) is 9.47 Å². The molecule has 4 N–H and O–H groups in total. The van der Waals surface area contributed by atoms with Gasteiger partial charge in [0.2, 0.25) is 0 Å². The maximum absolute atomic E-state index is 13.5. The van der Waals surface area contributed by atoms with Gasteiger partial charge in [0.05, 0.1) is 25.4 Å². The zero-order chi connectivity index (χ0) is 33.2. The van der Waals surface area contributed by atoms with Crippen LogP contribution >= 0.6 is 0 Å². The number of H-pyrrole nitrogens is 1. The number of rotatable bonds is 4. The molecule has 3 atom stereocenters. The Morgan fingerprint density at radius 1 is 1.06 bits per heavy atom. The maximum Gasteiger partial charge on any atom is 0.302 e. The fourth-order valence-electron chi connectivity index (χ4n) is 7.63. The van der Waals surface area contributed by atoms with Crippen LogP contribution in [0.1, 0.15) is 101 Å². The summed E-state index contributed by atoms with van der Waals surface area (Å²) in [6, 6.07) is 5.10. The van der Waals surface area contributed by atoms with E-state index < -0.39 is 12.0 Å². The van der Waals surface area contributed by atoms with Crippen LogP contribution in [-0.4, -0.2) is 48.1 Å². The van der Waals surface area contributed by atoms with Gasteiger partial charge in [-0.3, -0.25) is 9.59 Å². The second kappa shape index (κ2) is 16.1. The van der Waals surface area contributed by atoms with Crippen molar-refractivity contribution in [1.82, 2.24) is 15.6 Å². The molecule has 3 aliphatic rings. The Balaban J connectivity index is 1.48. The molecule has 8 nitrogen and oxygen atoms in total. The number of aromatic amines is 1. The second-order valence-corrected chi connectivity index (χ2v) is 13.5. The third-order valence-corrected chi connectivity index (χ3v) is 10.2. The third-order valence-electron chi connectivity index (χ3n) is 10.2. The Labute approximate surface area is 279 Å². The van der Waals surface area contributed by atoms with Gasteiger partial charge in [-0.25, -0.2) is 0 Å². The SMILES string of the molecule is CCC1CCC(OC(C)=O)CC(=O)CC(c2ccc(O)c(OC)c2)C#CCNC2=CC(=CCN2)C2(CCCCC2)Cc2c[nH]cc2C1. The Morgan fingerprint density at radius 3 is 2.64 bits per heavy atom. The molecule has 1 fully saturated rings. The number of allylic oxidation sites excluding steroid dienone is 2. The number of carbonyl (C=O) groups excluding carboxylic acids is 2. The Hall–Kier alpha value is -4.12. The first-order chi connectivity index (χ1) is 22.8. The van der Waals surface area contributed by atoms with E-state index in [1.165, 1.54) is 62.8 Å². The third kappa shape index (κ3) is 9.03. The van der Waals surface area contributed by atoms with Gasteiger partial charge in [0.1, 0.15) is 11.9 Å². The average Bonchev–Trinajstić information content (AvgIpc) is 3.50. The van der Waals surface area contributed by atoms with Crippen LogP contribution in [0.3, 0.4) is 0 Å². The van der Waals surface area contributed by atoms with Crippen molar-refractivity contribution in [3.63, 3.8) is 0 Å². The van der Waals surface area contributed by atoms with Crippen molar-refractivity contribution in [3.8, 4) is 23.3 Å². The number of phenols is 1. The van der Waals surface area contributed by atoms with E-state index >= 15 is 0 Å². The number of methoxy groups -OCH3 is 1. The number of aromatic hydroxyl groups is 1. The van der Waals surface area contributed by atoms with Gasteiger partial charge in [0.25, 0.3) is 0 Å². The summed E-state index contributed by atoms with van der Waals surface area (Å²) in [5.74, 6) is 7.53. The predicted octanol–water partition coefficient (Wildman–Crippen LogP) is 6.61. The molecule has 2 bridgehead atoms. The lowest BCUT2D eigenvalue weighted by Crippen LogP contribution is -2.35. The van der Waals surface area contributed by atoms with Gasteiger partial charge in [-0.1, -0.05) is 56.6 Å². The number of hydrogen-bond acceptors (Lipinski definition) is 7. The van der Waals surface area contributed by atoms with Crippen LogP contribution in [0, 0.1) is 23.2 Å². The molecule has 1 aromatic carbocycles. The molecule has 1 aliphatic carbocycles. The Kier molecular flexibility index (Phi) is 11.7. The summed E-state index contributed by atoms with van der Waals surface area (Å²) in [5, 5.41) is 17.2. The summed E-state index contributed by atoms with van der Waals surface area (Å²) in [6.07, 6.45) is 19.5. The highest BCUT2D eigenvalue weighted by Crippen LogP contribution is 2.47. The molecule has 47 heavy (non-hydrogen) atoms. The van der Waals surface area contributed by atoms with E-state index in [-0.39, 0.29) is 35.8 Å². The number of hydrogen-bond donors (Lipinski definition) is 4. The van der Waals surface area contributed by atoms with Crippen molar-refractivity contribution in [1.29, 1.82) is 0 Å². The number of carbonyl (C=O) groups is 2. The lowest BCUT2D eigenvalue weighted by Gasteiger charge is -2.40. The summed E-state index contributed by atoms with van der Waals surface area (Å²) in [6.45, 7) is 4.81. The highest BCUT2D eigenvalue weighted by Gasteiger charge is 2.37. The van der Waals surface area contributed by atoms with Crippen molar-refractivity contribution in [3.05, 3.63) is 70.8 Å². The van der Waals surface area contributed by atoms with Gasteiger partial charge in [-0.15, -0.1) is 0 Å². The highest BCUT2D eigenvalue weighted by molar-refractivity contribution is 5.80. The number of fused-ring (bicyclic) bond motifs is 3. The summed E-state index contributed by atoms with van der Waals surface area (Å²) >= 11 is 0. The Bertz CT molecular complexity index is 1520. The summed E-state index contributed by atoms with van der Waals surface area (Å²) in [4.78, 5) is 29.1. The maximum atomic E-state index is 13.5. The fraction of sp³-hybridized carbons (Fsp3) is 0.538. The molecular formula is C39H51N3O5. The fourth-order valence-corrected chi connectivity index (χ4v) is 7.63. The molecule has 5 rings (SSSR count). The molecule has 8 heteroatoms. The number of esters is 1. The largest absolute Gasteiger partial charge is 0.504 e. The van der Waals surface area contributed by atoms with Crippen LogP contribution < -0.4 is 15.4 Å². The van der Waals surface area contributed by atoms with Crippen molar-refractivity contribution < 1.29 is 24.2 Å². The predicted molar refractivity (Wildman–Crippen MR) is 184 cm³/mol. The van der Waals surface area contributed by atoms with E-state index in [1.807, 2.05) is 0 Å². The molecule has 0 amide bonds. The molecule has 3 heterocycles. The van der Waals surface area contributed by atoms with E-state index in [0.29, 0.717) is 24.6 Å². The van der Waals surface area contributed by atoms with Crippen molar-refractivity contribution in [2.24, 2.45) is 11.3 Å². The number of dihydropyridines is 1. The van der Waals surface area contributed by atoms with E-state index in [0.717, 1.165) is 43.6 Å². The Morgan fingerprint density at radius 2 is 1.87 bits per heavy atom. The molecular weight excluding hydrogens is 590 g/mol. The number of phenolic OH excluding ortho intramolecular Hbond substituents is 1. The van der Waals surface area contributed by atoms with E-state index in [1.54, 1.807) is 18.2 Å². The smallest absolute Gasteiger partial charge is 0.302 e. The van der Waals surface area contributed by atoms with Crippen LogP contribution in [0.25, 0.3) is 0 Å². The summed E-state index contributed by atoms with van der Waals surface area (Å²) < 4.78 is 11.1. The summed E-state index contributed by atoms with van der Waals surface area (Å²) in [5.41, 5.74) is 5.07. The molecule has 3 unspecified atom stereocenters. The molecule has 2 aromatic rings. The molecule has 0 saturated heterocycles. The van der Waals surface area contributed by atoms with Gasteiger partial charge >= 0.3 is 5.97 Å². The number of Topliss-reactive ketones (excluding diaryl/α,β-unsaturated/α-hetero) is 1. The standard InChI is InChI=1S/C39H51N3O5/c1-4-28-10-12-35(47-27(2)43)23-34(44)20-29(30-11-13-36(45)37(21-30)46-3)9-8-17-41-38-22-33(14-18-42-38)39(15-6-5-7-16-39)24-32-26-40-25-31(32)19-28/h11,13-14,21-22,25-26,28-29,35,40-42,45H,4-7,10,12,15-20,23-24H2,1-3H3. The number of ketones is 1. The first-order valence-corrected chi connectivity index (χ1v) is 17.4. The van der Waals surface area contributed by atoms with Crippen molar-refractivity contribution in [2.45, 2.75) is 103 Å². The second-order valence-electron chi connectivity index (χ2n) is 13.5. The van der Waals surface area contributed by atoms with E-state index in [2.05, 4.69) is 58.9 Å². The van der Waals surface area contributed by atoms with Gasteiger partial charge < -0.3 is 30.2 Å². The number of benzene rings is 1. The zero-order valence-electron chi connectivity index (χ0n) is 28.3. The normalized spacial score (nSPS) is 23.8. The molecule has 1 aromatic heterocycles. The minimum absolute atomic E-state index is 0.0184. The molecule has 1 spiro atoms. The van der Waals surface area contributed by atoms with E-state index in [9.17, 15) is 14.7 Å². The first-order valence-electron chi connectivity index (χ1n) is 17.4. The van der Waals surface area contributed by atoms with Crippen LogP contribution in [0.15, 0.2) is 54.1 Å².